The van der Waals surface area contributed by atoms with Gasteiger partial charge in [0, 0.05) is 29.8 Å². The van der Waals surface area contributed by atoms with E-state index in [0.717, 1.165) is 11.3 Å². The van der Waals surface area contributed by atoms with Crippen LogP contribution < -0.4 is 10.6 Å². The summed E-state index contributed by atoms with van der Waals surface area (Å²) in [6.45, 7) is 1.91. The minimum absolute atomic E-state index is 0.0291. The van der Waals surface area contributed by atoms with Gasteiger partial charge in [-0.2, -0.15) is 0 Å². The Kier molecular flexibility index (Phi) is 5.67. The van der Waals surface area contributed by atoms with E-state index in [2.05, 4.69) is 10.6 Å². The lowest BCUT2D eigenvalue weighted by atomic mass is 9.87. The molecule has 1 fully saturated rings. The molecule has 5 nitrogen and oxygen atoms in total. The van der Waals surface area contributed by atoms with Gasteiger partial charge in [-0.1, -0.05) is 29.8 Å². The molecule has 1 aliphatic heterocycles. The Balaban J connectivity index is 1.59. The fourth-order valence-electron chi connectivity index (χ4n) is 3.50. The van der Waals surface area contributed by atoms with Gasteiger partial charge in [-0.05, 0) is 43.5 Å². The smallest absolute Gasteiger partial charge is 0.220 e. The monoisotopic (exact) mass is 374 g/mol. The summed E-state index contributed by atoms with van der Waals surface area (Å²) in [5.74, 6) is 0.788. The van der Waals surface area contributed by atoms with E-state index in [-0.39, 0.29) is 17.9 Å². The maximum Gasteiger partial charge on any atom is 0.220 e. The molecule has 0 radical (unpaired) electrons. The molecule has 0 unspecified atom stereocenters. The van der Waals surface area contributed by atoms with E-state index < -0.39 is 5.54 Å². The third-order valence-corrected chi connectivity index (χ3v) is 5.25. The van der Waals surface area contributed by atoms with Crippen molar-refractivity contribution in [2.45, 2.75) is 50.6 Å². The molecule has 0 spiro atoms. The molecule has 0 bridgehead atoms. The summed E-state index contributed by atoms with van der Waals surface area (Å²) in [6, 6.07) is 11.0. The van der Waals surface area contributed by atoms with Crippen molar-refractivity contribution in [1.29, 1.82) is 0 Å². The van der Waals surface area contributed by atoms with Crippen LogP contribution in [-0.4, -0.2) is 17.4 Å². The first-order valence-corrected chi connectivity index (χ1v) is 9.22. The van der Waals surface area contributed by atoms with E-state index >= 15 is 0 Å². The van der Waals surface area contributed by atoms with Gasteiger partial charge < -0.3 is 15.1 Å². The van der Waals surface area contributed by atoms with Crippen molar-refractivity contribution >= 4 is 23.4 Å². The second kappa shape index (κ2) is 7.96. The number of benzene rings is 1. The van der Waals surface area contributed by atoms with E-state index in [4.69, 9.17) is 16.0 Å². The third kappa shape index (κ3) is 4.47. The average molecular weight is 375 g/mol. The number of hydrogen-bond acceptors (Lipinski definition) is 3. The second-order valence-corrected chi connectivity index (χ2v) is 7.30. The van der Waals surface area contributed by atoms with Crippen molar-refractivity contribution in [3.63, 3.8) is 0 Å². The Bertz CT molecular complexity index is 775. The van der Waals surface area contributed by atoms with Crippen LogP contribution >= 0.6 is 11.6 Å². The van der Waals surface area contributed by atoms with Crippen molar-refractivity contribution in [3.8, 4) is 0 Å². The summed E-state index contributed by atoms with van der Waals surface area (Å²) in [6.07, 6.45) is 4.31. The molecule has 0 aliphatic carbocycles. The van der Waals surface area contributed by atoms with Gasteiger partial charge in [0.05, 0.1) is 12.3 Å². The van der Waals surface area contributed by atoms with Crippen molar-refractivity contribution in [2.75, 3.05) is 0 Å². The van der Waals surface area contributed by atoms with Gasteiger partial charge in [0.2, 0.25) is 11.8 Å². The maximum atomic E-state index is 12.4. The number of furan rings is 1. The van der Waals surface area contributed by atoms with Gasteiger partial charge in [0.15, 0.2) is 0 Å². The Hall–Kier alpha value is -2.27. The Labute approximate surface area is 158 Å². The van der Waals surface area contributed by atoms with Crippen LogP contribution in [0.1, 0.15) is 50.0 Å². The molecule has 1 saturated heterocycles. The van der Waals surface area contributed by atoms with Gasteiger partial charge in [0.25, 0.3) is 0 Å². The molecule has 138 valence electrons. The molecular formula is C20H23ClN2O3. The summed E-state index contributed by atoms with van der Waals surface area (Å²) in [4.78, 5) is 24.2. The largest absolute Gasteiger partial charge is 0.469 e. The zero-order chi connectivity index (χ0) is 18.6. The zero-order valence-corrected chi connectivity index (χ0v) is 15.5. The molecule has 6 heteroatoms. The molecule has 2 atom stereocenters. The van der Waals surface area contributed by atoms with Gasteiger partial charge >= 0.3 is 0 Å². The number of rotatable bonds is 7. The summed E-state index contributed by atoms with van der Waals surface area (Å²) >= 11 is 6.19. The molecule has 1 aromatic carbocycles. The van der Waals surface area contributed by atoms with Gasteiger partial charge in [-0.25, -0.2) is 0 Å². The predicted molar refractivity (Wildman–Crippen MR) is 99.8 cm³/mol. The predicted octanol–water partition coefficient (Wildman–Crippen LogP) is 3.78. The van der Waals surface area contributed by atoms with Crippen LogP contribution in [0.2, 0.25) is 5.02 Å². The standard InChI is InChI=1S/C20H23ClN2O3/c1-14(16-6-2-3-7-17(16)21)22-18(24)8-10-20(11-9-19(25)23-20)13-15-5-4-12-26-15/h2-7,12,14H,8-11,13H2,1H3,(H,22,24)(H,23,25)/t14-,20-/m0/s1. The van der Waals surface area contributed by atoms with Crippen LogP contribution in [0.5, 0.6) is 0 Å². The van der Waals surface area contributed by atoms with E-state index in [9.17, 15) is 9.59 Å². The molecule has 1 aromatic heterocycles. The summed E-state index contributed by atoms with van der Waals surface area (Å²) in [5, 5.41) is 6.68. The first-order valence-electron chi connectivity index (χ1n) is 8.85. The van der Waals surface area contributed by atoms with E-state index in [0.29, 0.717) is 37.1 Å². The van der Waals surface area contributed by atoms with Crippen LogP contribution in [0.25, 0.3) is 0 Å². The molecule has 2 heterocycles. The Morgan fingerprint density at radius 2 is 2.15 bits per heavy atom. The summed E-state index contributed by atoms with van der Waals surface area (Å²) in [5.41, 5.74) is 0.474. The molecule has 3 rings (SSSR count). The molecule has 2 aromatic rings. The Morgan fingerprint density at radius 1 is 1.35 bits per heavy atom. The number of carbonyl (C=O) groups is 2. The van der Waals surface area contributed by atoms with Crippen molar-refractivity contribution < 1.29 is 14.0 Å². The van der Waals surface area contributed by atoms with E-state index in [1.165, 1.54) is 0 Å². The first kappa shape index (κ1) is 18.5. The van der Waals surface area contributed by atoms with E-state index in [1.54, 1.807) is 6.26 Å². The first-order chi connectivity index (χ1) is 12.5. The molecular weight excluding hydrogens is 352 g/mol. The van der Waals surface area contributed by atoms with Crippen LogP contribution in [0.15, 0.2) is 47.1 Å². The highest BCUT2D eigenvalue weighted by Gasteiger charge is 2.38. The Morgan fingerprint density at radius 3 is 2.81 bits per heavy atom. The lowest BCUT2D eigenvalue weighted by Crippen LogP contribution is -2.44. The topological polar surface area (TPSA) is 71.3 Å². The molecule has 2 N–H and O–H groups in total. The molecule has 0 saturated carbocycles. The lowest BCUT2D eigenvalue weighted by Gasteiger charge is -2.28. The molecule has 1 aliphatic rings. The normalized spacial score (nSPS) is 20.6. The SMILES string of the molecule is C[C@H](NC(=O)CC[C@@]1(Cc2ccco2)CCC(=O)N1)c1ccccc1Cl. The fourth-order valence-corrected chi connectivity index (χ4v) is 3.80. The number of carbonyl (C=O) groups excluding carboxylic acids is 2. The van der Waals surface area contributed by atoms with Gasteiger partial charge in [-0.3, -0.25) is 9.59 Å². The third-order valence-electron chi connectivity index (χ3n) is 4.91. The highest BCUT2D eigenvalue weighted by atomic mass is 35.5. The number of amides is 2. The van der Waals surface area contributed by atoms with Gasteiger partial charge in [0.1, 0.15) is 5.76 Å². The minimum Gasteiger partial charge on any atom is -0.469 e. The molecule has 26 heavy (non-hydrogen) atoms. The van der Waals surface area contributed by atoms with Crippen LogP contribution in [0.4, 0.5) is 0 Å². The van der Waals surface area contributed by atoms with Crippen molar-refractivity contribution in [3.05, 3.63) is 59.0 Å². The van der Waals surface area contributed by atoms with Crippen molar-refractivity contribution in [1.82, 2.24) is 10.6 Å². The highest BCUT2D eigenvalue weighted by Crippen LogP contribution is 2.30. The van der Waals surface area contributed by atoms with Crippen LogP contribution in [-0.2, 0) is 16.0 Å². The zero-order valence-electron chi connectivity index (χ0n) is 14.8. The van der Waals surface area contributed by atoms with Crippen LogP contribution in [0.3, 0.4) is 0 Å². The quantitative estimate of drug-likeness (QED) is 0.774. The fraction of sp³-hybridized carbons (Fsp3) is 0.400. The summed E-state index contributed by atoms with van der Waals surface area (Å²) < 4.78 is 5.43. The number of halogens is 1. The number of nitrogens with one attached hydrogen (secondary N) is 2. The summed E-state index contributed by atoms with van der Waals surface area (Å²) in [7, 11) is 0. The lowest BCUT2D eigenvalue weighted by molar-refractivity contribution is -0.123. The average Bonchev–Trinajstić information content (AvgIpc) is 3.24. The minimum atomic E-state index is -0.417. The molecule has 2 amide bonds. The number of hydrogen-bond donors (Lipinski definition) is 2. The van der Waals surface area contributed by atoms with E-state index in [1.807, 2.05) is 43.3 Å². The van der Waals surface area contributed by atoms with Crippen molar-refractivity contribution in [2.24, 2.45) is 0 Å². The maximum absolute atomic E-state index is 12.4. The highest BCUT2D eigenvalue weighted by molar-refractivity contribution is 6.31. The van der Waals surface area contributed by atoms with Gasteiger partial charge in [-0.15, -0.1) is 0 Å². The second-order valence-electron chi connectivity index (χ2n) is 6.90. The van der Waals surface area contributed by atoms with Crippen LogP contribution in [0, 0.1) is 0 Å².